The van der Waals surface area contributed by atoms with E-state index in [1.165, 1.54) is 7.11 Å². The van der Waals surface area contributed by atoms with Crippen LogP contribution in [-0.2, 0) is 9.47 Å². The van der Waals surface area contributed by atoms with E-state index in [4.69, 9.17) is 9.47 Å². The quantitative estimate of drug-likeness (QED) is 0.475. The number of halogens is 1. The van der Waals surface area contributed by atoms with Gasteiger partial charge in [0.1, 0.15) is 21.9 Å². The number of ether oxygens (including phenoxy) is 3. The zero-order chi connectivity index (χ0) is 18.0. The van der Waals surface area contributed by atoms with E-state index in [1.807, 2.05) is 20.8 Å². The summed E-state index contributed by atoms with van der Waals surface area (Å²) >= 11 is 3.52. The molecule has 0 bridgehead atoms. The zero-order valence-corrected chi connectivity index (χ0v) is 15.8. The first-order valence-electron chi connectivity index (χ1n) is 7.65. The van der Waals surface area contributed by atoms with Gasteiger partial charge in [-0.05, 0) is 45.0 Å². The molecular weight excluding hydrogens is 378 g/mol. The Labute approximate surface area is 150 Å². The summed E-state index contributed by atoms with van der Waals surface area (Å²) in [4.78, 5) is 23.2. The fourth-order valence-electron chi connectivity index (χ4n) is 2.31. The van der Waals surface area contributed by atoms with E-state index in [1.54, 1.807) is 24.3 Å². The minimum Gasteiger partial charge on any atom is -0.490 e. The Morgan fingerprint density at radius 3 is 2.29 bits per heavy atom. The summed E-state index contributed by atoms with van der Waals surface area (Å²) in [6.07, 6.45) is 0.749. The average molecular weight is 400 g/mol. The van der Waals surface area contributed by atoms with Gasteiger partial charge >= 0.3 is 12.1 Å². The predicted octanol–water partition coefficient (Wildman–Crippen LogP) is 3.63. The summed E-state index contributed by atoms with van der Waals surface area (Å²) in [5.74, 6) is 0.283. The molecule has 1 N–H and O–H groups in total. The van der Waals surface area contributed by atoms with Crippen LogP contribution in [0.4, 0.5) is 4.79 Å². The van der Waals surface area contributed by atoms with Crippen LogP contribution in [-0.4, -0.2) is 35.3 Å². The fourth-order valence-corrected chi connectivity index (χ4v) is 3.20. The van der Waals surface area contributed by atoms with Crippen LogP contribution in [0.2, 0.25) is 0 Å². The number of hydrogen-bond acceptors (Lipinski definition) is 5. The van der Waals surface area contributed by atoms with Crippen LogP contribution >= 0.6 is 15.9 Å². The summed E-state index contributed by atoms with van der Waals surface area (Å²) in [6.45, 7) is 5.45. The van der Waals surface area contributed by atoms with E-state index in [9.17, 15) is 9.59 Å². The van der Waals surface area contributed by atoms with Gasteiger partial charge in [0.15, 0.2) is 0 Å². The Morgan fingerprint density at radius 2 is 1.79 bits per heavy atom. The molecule has 24 heavy (non-hydrogen) atoms. The van der Waals surface area contributed by atoms with E-state index in [-0.39, 0.29) is 12.1 Å². The van der Waals surface area contributed by atoms with Crippen molar-refractivity contribution in [2.45, 2.75) is 49.8 Å². The largest absolute Gasteiger partial charge is 0.490 e. The number of carbonyl (C=O) groups excluding carboxylic acids is 2. The highest BCUT2D eigenvalue weighted by Gasteiger charge is 2.45. The maximum absolute atomic E-state index is 11.8. The second kappa shape index (κ2) is 7.01. The molecule has 1 aromatic carbocycles. The van der Waals surface area contributed by atoms with Crippen molar-refractivity contribution in [2.75, 3.05) is 7.11 Å². The molecule has 1 aromatic rings. The first kappa shape index (κ1) is 18.6. The van der Waals surface area contributed by atoms with E-state index >= 15 is 0 Å². The Morgan fingerprint density at radius 1 is 1.21 bits per heavy atom. The van der Waals surface area contributed by atoms with Crippen molar-refractivity contribution in [3.8, 4) is 5.75 Å². The lowest BCUT2D eigenvalue weighted by Crippen LogP contribution is -2.57. The third-order valence-electron chi connectivity index (χ3n) is 3.41. The zero-order valence-electron chi connectivity index (χ0n) is 14.2. The molecule has 0 saturated heterocycles. The molecule has 0 heterocycles. The van der Waals surface area contributed by atoms with Crippen molar-refractivity contribution < 1.29 is 23.8 Å². The van der Waals surface area contributed by atoms with E-state index in [0.29, 0.717) is 24.2 Å². The molecule has 0 spiro atoms. The maximum Gasteiger partial charge on any atom is 0.408 e. The summed E-state index contributed by atoms with van der Waals surface area (Å²) in [5, 5.41) is 2.81. The van der Waals surface area contributed by atoms with Gasteiger partial charge < -0.3 is 19.5 Å². The van der Waals surface area contributed by atoms with Crippen molar-refractivity contribution in [3.63, 3.8) is 0 Å². The van der Waals surface area contributed by atoms with Crippen LogP contribution < -0.4 is 10.1 Å². The lowest BCUT2D eigenvalue weighted by molar-refractivity contribution is 0.0313. The van der Waals surface area contributed by atoms with Crippen LogP contribution in [0.5, 0.6) is 5.75 Å². The van der Waals surface area contributed by atoms with Crippen LogP contribution in [0, 0.1) is 0 Å². The van der Waals surface area contributed by atoms with Crippen LogP contribution in [0.15, 0.2) is 24.3 Å². The van der Waals surface area contributed by atoms with Crippen molar-refractivity contribution in [3.05, 3.63) is 29.8 Å². The Hall–Kier alpha value is -1.76. The number of hydrogen-bond donors (Lipinski definition) is 1. The fraction of sp³-hybridized carbons (Fsp3) is 0.529. The molecule has 7 heteroatoms. The molecule has 1 aliphatic rings. The van der Waals surface area contributed by atoms with Crippen molar-refractivity contribution >= 4 is 28.0 Å². The summed E-state index contributed by atoms with van der Waals surface area (Å²) in [6, 6.07) is 6.75. The molecule has 1 fully saturated rings. The minimum absolute atomic E-state index is 0.0247. The van der Waals surface area contributed by atoms with Gasteiger partial charge in [0.2, 0.25) is 0 Å². The number of benzene rings is 1. The van der Waals surface area contributed by atoms with Gasteiger partial charge in [0, 0.05) is 12.8 Å². The van der Waals surface area contributed by atoms with Crippen LogP contribution in [0.3, 0.4) is 0 Å². The third kappa shape index (κ3) is 5.12. The SMILES string of the molecule is COC(=O)c1ccc(OC2CC(Br)(NC(=O)OC(C)(C)C)C2)cc1. The summed E-state index contributed by atoms with van der Waals surface area (Å²) in [5.41, 5.74) is -0.0611. The van der Waals surface area contributed by atoms with Gasteiger partial charge in [-0.1, -0.05) is 15.9 Å². The Balaban J connectivity index is 1.81. The average Bonchev–Trinajstić information content (AvgIpc) is 2.43. The van der Waals surface area contributed by atoms with Crippen LogP contribution in [0.25, 0.3) is 0 Å². The highest BCUT2D eigenvalue weighted by molar-refractivity contribution is 9.10. The van der Waals surface area contributed by atoms with E-state index in [2.05, 4.69) is 26.0 Å². The molecule has 0 aromatic heterocycles. The number of alkyl carbamates (subject to hydrolysis) is 1. The van der Waals surface area contributed by atoms with Gasteiger partial charge in [-0.3, -0.25) is 0 Å². The van der Waals surface area contributed by atoms with Crippen molar-refractivity contribution in [2.24, 2.45) is 0 Å². The topological polar surface area (TPSA) is 73.9 Å². The van der Waals surface area contributed by atoms with Crippen molar-refractivity contribution in [1.82, 2.24) is 5.32 Å². The maximum atomic E-state index is 11.8. The van der Waals surface area contributed by atoms with Gasteiger partial charge in [-0.25, -0.2) is 9.59 Å². The number of esters is 1. The number of methoxy groups -OCH3 is 1. The number of amides is 1. The van der Waals surface area contributed by atoms with Crippen molar-refractivity contribution in [1.29, 1.82) is 0 Å². The molecule has 1 amide bonds. The molecule has 0 aliphatic heterocycles. The third-order valence-corrected chi connectivity index (χ3v) is 4.25. The molecule has 0 radical (unpaired) electrons. The first-order chi connectivity index (χ1) is 11.1. The summed E-state index contributed by atoms with van der Waals surface area (Å²) in [7, 11) is 1.34. The van der Waals surface area contributed by atoms with Crippen LogP contribution in [0.1, 0.15) is 44.0 Å². The number of alkyl halides is 1. The molecule has 1 saturated carbocycles. The first-order valence-corrected chi connectivity index (χ1v) is 8.45. The monoisotopic (exact) mass is 399 g/mol. The molecule has 0 atom stereocenters. The normalized spacial score (nSPS) is 23.0. The second-order valence-electron chi connectivity index (χ2n) is 6.76. The number of rotatable bonds is 4. The minimum atomic E-state index is -0.533. The highest BCUT2D eigenvalue weighted by atomic mass is 79.9. The lowest BCUT2D eigenvalue weighted by atomic mass is 9.89. The highest BCUT2D eigenvalue weighted by Crippen LogP contribution is 2.40. The number of carbonyl (C=O) groups is 2. The molecule has 1 aliphatic carbocycles. The Bertz CT molecular complexity index is 602. The molecular formula is C17H22BrNO5. The van der Waals surface area contributed by atoms with Gasteiger partial charge in [-0.15, -0.1) is 0 Å². The Kier molecular flexibility index (Phi) is 5.42. The molecule has 132 valence electrons. The number of nitrogens with one attached hydrogen (secondary N) is 1. The van der Waals surface area contributed by atoms with Gasteiger partial charge in [-0.2, -0.15) is 0 Å². The summed E-state index contributed by atoms with van der Waals surface area (Å²) < 4.78 is 15.2. The molecule has 0 unspecified atom stereocenters. The standard InChI is InChI=1S/C17H22BrNO5/c1-16(2,3)24-15(21)19-17(18)9-13(10-17)23-12-7-5-11(6-8-12)14(20)22-4/h5-8,13H,9-10H2,1-4H3,(H,19,21). The molecule has 2 rings (SSSR count). The van der Waals surface area contributed by atoms with E-state index in [0.717, 1.165) is 0 Å². The second-order valence-corrected chi connectivity index (χ2v) is 8.27. The smallest absolute Gasteiger partial charge is 0.408 e. The van der Waals surface area contributed by atoms with Gasteiger partial charge in [0.05, 0.1) is 12.7 Å². The predicted molar refractivity (Wildman–Crippen MR) is 92.5 cm³/mol. The molecule has 6 nitrogen and oxygen atoms in total. The lowest BCUT2D eigenvalue weighted by Gasteiger charge is -2.43. The van der Waals surface area contributed by atoms with E-state index < -0.39 is 16.1 Å². The van der Waals surface area contributed by atoms with Gasteiger partial charge in [0.25, 0.3) is 0 Å².